The van der Waals surface area contributed by atoms with Gasteiger partial charge in [-0.25, -0.2) is 4.79 Å². The van der Waals surface area contributed by atoms with Gasteiger partial charge in [-0.15, -0.1) is 0 Å². The zero-order chi connectivity index (χ0) is 15.6. The van der Waals surface area contributed by atoms with E-state index in [1.165, 1.54) is 18.2 Å². The van der Waals surface area contributed by atoms with Crippen molar-refractivity contribution in [3.63, 3.8) is 0 Å². The number of benzene rings is 1. The van der Waals surface area contributed by atoms with Crippen molar-refractivity contribution in [1.29, 1.82) is 0 Å². The second kappa shape index (κ2) is 5.93. The molecule has 1 aromatic carbocycles. The van der Waals surface area contributed by atoms with Crippen molar-refractivity contribution in [2.45, 2.75) is 25.0 Å². The number of nitro benzene ring substituents is 1. The minimum atomic E-state index is -1.13. The Morgan fingerprint density at radius 2 is 2.14 bits per heavy atom. The van der Waals surface area contributed by atoms with E-state index in [0.717, 1.165) is 12.2 Å². The van der Waals surface area contributed by atoms with E-state index < -0.39 is 10.9 Å². The van der Waals surface area contributed by atoms with E-state index in [1.54, 1.807) is 0 Å². The average Bonchev–Trinajstić information content (AvgIpc) is 2.58. The van der Waals surface area contributed by atoms with Crippen LogP contribution in [0.15, 0.2) is 18.2 Å². The molecule has 6 nitrogen and oxygen atoms in total. The summed E-state index contributed by atoms with van der Waals surface area (Å²) in [7, 11) is 0. The number of aromatic carboxylic acids is 1. The number of rotatable bonds is 3. The third-order valence-electron chi connectivity index (χ3n) is 3.60. The molecule has 0 unspecified atom stereocenters. The Morgan fingerprint density at radius 1 is 1.43 bits per heavy atom. The van der Waals surface area contributed by atoms with Gasteiger partial charge in [0.1, 0.15) is 5.69 Å². The predicted octanol–water partition coefficient (Wildman–Crippen LogP) is 3.01. The topological polar surface area (TPSA) is 83.7 Å². The number of carboxylic acids is 1. The van der Waals surface area contributed by atoms with Gasteiger partial charge in [-0.1, -0.05) is 19.9 Å². The summed E-state index contributed by atoms with van der Waals surface area (Å²) in [4.78, 5) is 24.0. The maximum Gasteiger partial charge on any atom is 0.338 e. The number of anilines is 1. The summed E-state index contributed by atoms with van der Waals surface area (Å²) in [5, 5.41) is 20.6. The van der Waals surface area contributed by atoms with E-state index in [0.29, 0.717) is 13.1 Å². The third-order valence-corrected chi connectivity index (χ3v) is 4.97. The van der Waals surface area contributed by atoms with Crippen LogP contribution in [0.2, 0.25) is 0 Å². The number of hydrogen-bond acceptors (Lipinski definition) is 5. The number of hydrogen-bond donors (Lipinski definition) is 1. The monoisotopic (exact) mass is 310 g/mol. The zero-order valence-corrected chi connectivity index (χ0v) is 12.9. The molecule has 0 amide bonds. The summed E-state index contributed by atoms with van der Waals surface area (Å²) in [5.74, 6) is -0.317. The van der Waals surface area contributed by atoms with Crippen LogP contribution in [0.3, 0.4) is 0 Å². The predicted molar refractivity (Wildman–Crippen MR) is 83.4 cm³/mol. The Morgan fingerprint density at radius 3 is 2.76 bits per heavy atom. The summed E-state index contributed by atoms with van der Waals surface area (Å²) in [6.45, 7) is 5.50. The quantitative estimate of drug-likeness (QED) is 0.682. The van der Waals surface area contributed by atoms with Crippen LogP contribution >= 0.6 is 11.8 Å². The highest BCUT2D eigenvalue weighted by Gasteiger charge is 2.30. The third kappa shape index (κ3) is 3.47. The highest BCUT2D eigenvalue weighted by atomic mass is 32.2. The molecular weight excluding hydrogens is 292 g/mol. The maximum atomic E-state index is 11.4. The molecule has 1 aliphatic rings. The van der Waals surface area contributed by atoms with Crippen LogP contribution in [0.4, 0.5) is 11.4 Å². The van der Waals surface area contributed by atoms with E-state index in [4.69, 9.17) is 0 Å². The van der Waals surface area contributed by atoms with Gasteiger partial charge in [-0.05, 0) is 12.5 Å². The number of nitro groups is 1. The molecule has 1 heterocycles. The molecule has 114 valence electrons. The fraction of sp³-hybridized carbons (Fsp3) is 0.500. The highest BCUT2D eigenvalue weighted by Crippen LogP contribution is 2.37. The molecule has 0 radical (unpaired) electrons. The standard InChI is InChI=1S/C14H18N2O4S/c1-14(2)6-7-15(8-9-21-14)12-10(13(17)18)4-3-5-11(12)16(19)20/h3-5H,6-9H2,1-2H3,(H,17,18). The molecule has 0 aliphatic carbocycles. The van der Waals surface area contributed by atoms with Gasteiger partial charge in [0.05, 0.1) is 10.5 Å². The molecule has 0 saturated carbocycles. The molecule has 1 aromatic rings. The molecular formula is C14H18N2O4S. The van der Waals surface area contributed by atoms with Gasteiger partial charge in [0.2, 0.25) is 0 Å². The van der Waals surface area contributed by atoms with E-state index in [1.807, 2.05) is 16.7 Å². The minimum Gasteiger partial charge on any atom is -0.478 e. The van der Waals surface area contributed by atoms with Crippen molar-refractivity contribution in [2.75, 3.05) is 23.7 Å². The first-order valence-electron chi connectivity index (χ1n) is 6.71. The molecule has 21 heavy (non-hydrogen) atoms. The molecule has 0 bridgehead atoms. The Kier molecular flexibility index (Phi) is 4.41. The lowest BCUT2D eigenvalue weighted by Crippen LogP contribution is -2.29. The second-order valence-electron chi connectivity index (χ2n) is 5.58. The van der Waals surface area contributed by atoms with Crippen molar-refractivity contribution in [2.24, 2.45) is 0 Å². The first-order valence-corrected chi connectivity index (χ1v) is 7.70. The van der Waals surface area contributed by atoms with Crippen LogP contribution in [0.25, 0.3) is 0 Å². The molecule has 0 spiro atoms. The molecule has 7 heteroatoms. The Bertz CT molecular complexity index is 542. The molecule has 2 rings (SSSR count). The summed E-state index contributed by atoms with van der Waals surface area (Å²) in [5.41, 5.74) is 0.0850. The van der Waals surface area contributed by atoms with Crippen molar-refractivity contribution < 1.29 is 14.8 Å². The van der Waals surface area contributed by atoms with Gasteiger partial charge in [0.15, 0.2) is 0 Å². The Balaban J connectivity index is 2.46. The lowest BCUT2D eigenvalue weighted by molar-refractivity contribution is -0.384. The van der Waals surface area contributed by atoms with Gasteiger partial charge >= 0.3 is 5.97 Å². The number of carboxylic acid groups (broad SMARTS) is 1. The summed E-state index contributed by atoms with van der Waals surface area (Å²) in [6, 6.07) is 4.21. The van der Waals surface area contributed by atoms with Crippen molar-refractivity contribution in [3.8, 4) is 0 Å². The van der Waals surface area contributed by atoms with E-state index in [9.17, 15) is 20.0 Å². The van der Waals surface area contributed by atoms with Crippen molar-refractivity contribution >= 4 is 29.1 Å². The molecule has 0 atom stereocenters. The molecule has 1 saturated heterocycles. The first kappa shape index (κ1) is 15.6. The number of nitrogens with zero attached hydrogens (tertiary/aromatic N) is 2. The smallest absolute Gasteiger partial charge is 0.338 e. The van der Waals surface area contributed by atoms with E-state index in [2.05, 4.69) is 13.8 Å². The van der Waals surface area contributed by atoms with Gasteiger partial charge < -0.3 is 10.0 Å². The lowest BCUT2D eigenvalue weighted by Gasteiger charge is -2.25. The van der Waals surface area contributed by atoms with Crippen LogP contribution in [-0.2, 0) is 0 Å². The van der Waals surface area contributed by atoms with Crippen LogP contribution in [0.1, 0.15) is 30.6 Å². The molecule has 1 N–H and O–H groups in total. The van der Waals surface area contributed by atoms with E-state index >= 15 is 0 Å². The van der Waals surface area contributed by atoms with Gasteiger partial charge in [0, 0.05) is 29.7 Å². The summed E-state index contributed by atoms with van der Waals surface area (Å²) in [6.07, 6.45) is 0.850. The number of thioether (sulfide) groups is 1. The highest BCUT2D eigenvalue weighted by molar-refractivity contribution is 8.00. The average molecular weight is 310 g/mol. The van der Waals surface area contributed by atoms with Crippen LogP contribution < -0.4 is 4.90 Å². The minimum absolute atomic E-state index is 0.00564. The van der Waals surface area contributed by atoms with E-state index in [-0.39, 0.29) is 21.7 Å². The molecule has 0 aromatic heterocycles. The first-order chi connectivity index (χ1) is 9.82. The lowest BCUT2D eigenvalue weighted by atomic mass is 10.1. The SMILES string of the molecule is CC1(C)CCN(c2c(C(=O)O)cccc2[N+](=O)[O-])CCS1. The van der Waals surface area contributed by atoms with Crippen LogP contribution in [0.5, 0.6) is 0 Å². The van der Waals surface area contributed by atoms with Crippen molar-refractivity contribution in [1.82, 2.24) is 0 Å². The van der Waals surface area contributed by atoms with Gasteiger partial charge in [0.25, 0.3) is 5.69 Å². The number of carbonyl (C=O) groups is 1. The normalized spacial score (nSPS) is 18.1. The summed E-state index contributed by atoms with van der Waals surface area (Å²) < 4.78 is 0.0989. The molecule has 1 aliphatic heterocycles. The van der Waals surface area contributed by atoms with Crippen LogP contribution in [-0.4, -0.2) is 39.6 Å². The fourth-order valence-electron chi connectivity index (χ4n) is 2.43. The number of para-hydroxylation sites is 1. The largest absolute Gasteiger partial charge is 0.478 e. The fourth-order valence-corrected chi connectivity index (χ4v) is 3.53. The summed E-state index contributed by atoms with van der Waals surface area (Å²) >= 11 is 1.81. The Hall–Kier alpha value is -1.76. The van der Waals surface area contributed by atoms with Crippen LogP contribution in [0, 0.1) is 10.1 Å². The zero-order valence-electron chi connectivity index (χ0n) is 12.0. The second-order valence-corrected chi connectivity index (χ2v) is 7.38. The Labute approximate surface area is 127 Å². The van der Waals surface area contributed by atoms with Gasteiger partial charge in [-0.2, -0.15) is 11.8 Å². The molecule has 1 fully saturated rings. The maximum absolute atomic E-state index is 11.4. The van der Waals surface area contributed by atoms with Crippen molar-refractivity contribution in [3.05, 3.63) is 33.9 Å². The van der Waals surface area contributed by atoms with Gasteiger partial charge in [-0.3, -0.25) is 10.1 Å².